The van der Waals surface area contributed by atoms with Gasteiger partial charge in [0.2, 0.25) is 5.95 Å². The van der Waals surface area contributed by atoms with E-state index in [0.29, 0.717) is 22.7 Å². The minimum Gasteiger partial charge on any atom is -0.396 e. The number of anilines is 2. The number of rotatable bonds is 7. The van der Waals surface area contributed by atoms with Gasteiger partial charge in [0.05, 0.1) is 27.9 Å². The molecular formula is C21H27F3N6O3S. The molecule has 1 aliphatic heterocycles. The van der Waals surface area contributed by atoms with Gasteiger partial charge in [-0.15, -0.1) is 11.3 Å². The summed E-state index contributed by atoms with van der Waals surface area (Å²) in [5.74, 6) is -0.765. The highest BCUT2D eigenvalue weighted by Gasteiger charge is 2.47. The van der Waals surface area contributed by atoms with Gasteiger partial charge in [-0.1, -0.05) is 6.92 Å². The molecule has 2 aliphatic rings. The Kier molecular flexibility index (Phi) is 6.73. The molecule has 1 saturated carbocycles. The predicted octanol–water partition coefficient (Wildman–Crippen LogP) is 2.77. The highest BCUT2D eigenvalue weighted by atomic mass is 32.1. The van der Waals surface area contributed by atoms with Crippen molar-refractivity contribution in [3.8, 4) is 10.6 Å². The first-order valence-electron chi connectivity index (χ1n) is 11.0. The molecule has 4 atom stereocenters. The van der Waals surface area contributed by atoms with Gasteiger partial charge in [-0.3, -0.25) is 0 Å². The lowest BCUT2D eigenvalue weighted by Crippen LogP contribution is -2.48. The van der Waals surface area contributed by atoms with Crippen LogP contribution in [0.15, 0.2) is 6.20 Å². The molecule has 1 unspecified atom stereocenters. The molecule has 3 heterocycles. The molecule has 0 saturated heterocycles. The minimum atomic E-state index is -4.47. The van der Waals surface area contributed by atoms with Crippen molar-refractivity contribution in [3.05, 3.63) is 22.5 Å². The van der Waals surface area contributed by atoms with Crippen LogP contribution in [0.3, 0.4) is 0 Å². The SMILES string of the molecule is CCC1NC=Cc2sc(-c3c(C)nc(NCC(F)(F)F)nc3N[C@]3(O)CC[C@H](CO)[C@H]3O)nc21. The number of aromatic nitrogens is 3. The average molecular weight is 501 g/mol. The van der Waals surface area contributed by atoms with Gasteiger partial charge in [-0.25, -0.2) is 9.97 Å². The molecule has 1 fully saturated rings. The van der Waals surface area contributed by atoms with Gasteiger partial charge in [0, 0.05) is 12.5 Å². The van der Waals surface area contributed by atoms with Crippen molar-refractivity contribution >= 4 is 29.2 Å². The van der Waals surface area contributed by atoms with Gasteiger partial charge in [0.1, 0.15) is 23.5 Å². The lowest BCUT2D eigenvalue weighted by atomic mass is 10.0. The van der Waals surface area contributed by atoms with E-state index in [9.17, 15) is 28.5 Å². The predicted molar refractivity (Wildman–Crippen MR) is 122 cm³/mol. The van der Waals surface area contributed by atoms with E-state index in [1.54, 1.807) is 6.92 Å². The number of alkyl halides is 3. The number of hydrogen-bond donors (Lipinski definition) is 6. The standard InChI is InChI=1S/C21H27F3N6O3S/c1-3-12-15-13(5-7-25-12)34-18(28-15)14-10(2)27-19(26-9-21(22,23)24)29-17(14)30-20(33)6-4-11(8-31)16(20)32/h5,7,11-12,16,25,31-33H,3-4,6,8-9H2,1-2H3,(H2,26,27,29,30)/t11-,12?,16-,20+/m1/s1. The largest absolute Gasteiger partial charge is 0.405 e. The van der Waals surface area contributed by atoms with Crippen LogP contribution in [-0.2, 0) is 0 Å². The molecule has 186 valence electrons. The molecule has 6 N–H and O–H groups in total. The lowest BCUT2D eigenvalue weighted by molar-refractivity contribution is -0.115. The third-order valence-corrected chi connectivity index (χ3v) is 7.16. The van der Waals surface area contributed by atoms with Gasteiger partial charge in [-0.05, 0) is 38.5 Å². The van der Waals surface area contributed by atoms with Gasteiger partial charge in [0.25, 0.3) is 0 Å². The van der Waals surface area contributed by atoms with Gasteiger partial charge in [0.15, 0.2) is 5.72 Å². The van der Waals surface area contributed by atoms with Crippen molar-refractivity contribution in [1.82, 2.24) is 20.3 Å². The van der Waals surface area contributed by atoms with Crippen molar-refractivity contribution in [2.45, 2.75) is 57.2 Å². The van der Waals surface area contributed by atoms with E-state index in [2.05, 4.69) is 25.9 Å². The zero-order valence-corrected chi connectivity index (χ0v) is 19.5. The van der Waals surface area contributed by atoms with E-state index in [4.69, 9.17) is 4.98 Å². The molecule has 0 amide bonds. The summed E-state index contributed by atoms with van der Waals surface area (Å²) in [6, 6.07) is 0.0153. The van der Waals surface area contributed by atoms with E-state index in [1.807, 2.05) is 19.2 Å². The molecule has 2 aromatic rings. The van der Waals surface area contributed by atoms with Crippen molar-refractivity contribution in [2.24, 2.45) is 5.92 Å². The molecule has 13 heteroatoms. The summed E-state index contributed by atoms with van der Waals surface area (Å²) in [5, 5.41) is 39.9. The second kappa shape index (κ2) is 9.29. The van der Waals surface area contributed by atoms with Crippen molar-refractivity contribution in [2.75, 3.05) is 23.8 Å². The van der Waals surface area contributed by atoms with E-state index in [0.717, 1.165) is 17.0 Å². The fourth-order valence-corrected chi connectivity index (χ4v) is 5.39. The normalized spacial score (nSPS) is 26.3. The first kappa shape index (κ1) is 24.6. The number of nitrogens with zero attached hydrogens (tertiary/aromatic N) is 3. The summed E-state index contributed by atoms with van der Waals surface area (Å²) in [5.41, 5.74) is -0.204. The maximum atomic E-state index is 12.8. The summed E-state index contributed by atoms with van der Waals surface area (Å²) < 4.78 is 38.3. The number of hydrogen-bond acceptors (Lipinski definition) is 10. The monoisotopic (exact) mass is 500 g/mol. The Labute approximate surface area is 198 Å². The Bertz CT molecular complexity index is 1080. The van der Waals surface area contributed by atoms with Crippen molar-refractivity contribution < 1.29 is 28.5 Å². The highest BCUT2D eigenvalue weighted by Crippen LogP contribution is 2.42. The Morgan fingerprint density at radius 3 is 2.71 bits per heavy atom. The molecule has 9 nitrogen and oxygen atoms in total. The van der Waals surface area contributed by atoms with Crippen LogP contribution in [0.4, 0.5) is 24.9 Å². The number of aryl methyl sites for hydroxylation is 1. The smallest absolute Gasteiger partial charge is 0.396 e. The van der Waals surface area contributed by atoms with Crippen LogP contribution >= 0.6 is 11.3 Å². The third-order valence-electron chi connectivity index (χ3n) is 6.10. The highest BCUT2D eigenvalue weighted by molar-refractivity contribution is 7.16. The average Bonchev–Trinajstić information content (AvgIpc) is 3.32. The van der Waals surface area contributed by atoms with Crippen LogP contribution in [-0.4, -0.2) is 61.4 Å². The summed E-state index contributed by atoms with van der Waals surface area (Å²) in [7, 11) is 0. The second-order valence-corrected chi connectivity index (χ2v) is 9.56. The zero-order valence-electron chi connectivity index (χ0n) is 18.6. The van der Waals surface area contributed by atoms with Crippen LogP contribution in [0, 0.1) is 12.8 Å². The molecule has 0 bridgehead atoms. The molecule has 0 radical (unpaired) electrons. The molecule has 1 aliphatic carbocycles. The summed E-state index contributed by atoms with van der Waals surface area (Å²) in [6.45, 7) is 2.01. The Morgan fingerprint density at radius 1 is 1.29 bits per heavy atom. The quantitative estimate of drug-likeness (QED) is 0.317. The van der Waals surface area contributed by atoms with E-state index >= 15 is 0 Å². The van der Waals surface area contributed by atoms with Crippen LogP contribution in [0.2, 0.25) is 0 Å². The molecule has 2 aromatic heterocycles. The zero-order chi connectivity index (χ0) is 24.7. The van der Waals surface area contributed by atoms with E-state index < -0.39 is 30.5 Å². The molecule has 0 spiro atoms. The fraction of sp³-hybridized carbons (Fsp3) is 0.571. The first-order valence-corrected chi connectivity index (χ1v) is 11.8. The van der Waals surface area contributed by atoms with Gasteiger partial charge < -0.3 is 31.3 Å². The maximum absolute atomic E-state index is 12.8. The fourth-order valence-electron chi connectivity index (χ4n) is 4.26. The van der Waals surface area contributed by atoms with Crippen LogP contribution in [0.25, 0.3) is 16.6 Å². The second-order valence-electron chi connectivity index (χ2n) is 8.53. The first-order chi connectivity index (χ1) is 16.0. The summed E-state index contributed by atoms with van der Waals surface area (Å²) in [4.78, 5) is 14.1. The third kappa shape index (κ3) is 4.83. The van der Waals surface area contributed by atoms with E-state index in [-0.39, 0.29) is 30.8 Å². The number of aliphatic hydroxyl groups excluding tert-OH is 2. The topological polar surface area (TPSA) is 135 Å². The van der Waals surface area contributed by atoms with Crippen molar-refractivity contribution in [1.29, 1.82) is 0 Å². The van der Waals surface area contributed by atoms with E-state index in [1.165, 1.54) is 11.3 Å². The van der Waals surface area contributed by atoms with Gasteiger partial charge in [-0.2, -0.15) is 18.2 Å². The number of aliphatic hydroxyl groups is 3. The number of halogens is 3. The minimum absolute atomic E-state index is 0.0153. The summed E-state index contributed by atoms with van der Waals surface area (Å²) >= 11 is 1.38. The Balaban J connectivity index is 1.77. The maximum Gasteiger partial charge on any atom is 0.405 e. The Hall–Kier alpha value is -2.48. The lowest BCUT2D eigenvalue weighted by Gasteiger charge is -2.31. The molecule has 34 heavy (non-hydrogen) atoms. The van der Waals surface area contributed by atoms with Crippen LogP contribution in [0.5, 0.6) is 0 Å². The van der Waals surface area contributed by atoms with Crippen molar-refractivity contribution in [3.63, 3.8) is 0 Å². The molecule has 0 aromatic carbocycles. The molecule has 4 rings (SSSR count). The number of fused-ring (bicyclic) bond motifs is 1. The Morgan fingerprint density at radius 2 is 2.06 bits per heavy atom. The molecular weight excluding hydrogens is 473 g/mol. The number of nitrogens with one attached hydrogen (secondary N) is 3. The number of thiazole rings is 1. The van der Waals surface area contributed by atoms with Crippen LogP contribution < -0.4 is 16.0 Å². The van der Waals surface area contributed by atoms with Crippen LogP contribution in [0.1, 0.15) is 48.5 Å². The van der Waals surface area contributed by atoms with Gasteiger partial charge >= 0.3 is 6.18 Å². The summed E-state index contributed by atoms with van der Waals surface area (Å²) in [6.07, 6.45) is -0.751.